The van der Waals surface area contributed by atoms with Gasteiger partial charge in [-0.1, -0.05) is 31.2 Å². The average molecular weight is 274 g/mol. The van der Waals surface area contributed by atoms with E-state index in [2.05, 4.69) is 29.4 Å². The van der Waals surface area contributed by atoms with Crippen LogP contribution in [0.3, 0.4) is 0 Å². The third kappa shape index (κ3) is 3.64. The molecule has 0 unspecified atom stereocenters. The van der Waals surface area contributed by atoms with Crippen LogP contribution in [0.5, 0.6) is 0 Å². The topological polar surface area (TPSA) is 42.0 Å². The van der Waals surface area contributed by atoms with Gasteiger partial charge in [-0.2, -0.15) is 0 Å². The normalized spacial score (nSPS) is 10.4. The maximum atomic E-state index is 11.4. The van der Waals surface area contributed by atoms with E-state index in [1.165, 1.54) is 11.1 Å². The molecule has 19 heavy (non-hydrogen) atoms. The molecule has 0 aliphatic rings. The Balaban J connectivity index is 2.04. The molecule has 2 rings (SSSR count). The second-order valence-electron chi connectivity index (χ2n) is 4.49. The summed E-state index contributed by atoms with van der Waals surface area (Å²) in [5, 5.41) is 5.90. The van der Waals surface area contributed by atoms with Crippen molar-refractivity contribution in [2.75, 3.05) is 0 Å². The quantitative estimate of drug-likeness (QED) is 0.906. The van der Waals surface area contributed by atoms with Crippen LogP contribution in [0.2, 0.25) is 0 Å². The van der Waals surface area contributed by atoms with Crippen LogP contribution in [0.1, 0.15) is 31.0 Å². The summed E-state index contributed by atoms with van der Waals surface area (Å²) in [6.07, 6.45) is 1.45. The largest absolute Gasteiger partial charge is 0.350 e. The van der Waals surface area contributed by atoms with Crippen LogP contribution in [0.25, 0.3) is 10.6 Å². The highest BCUT2D eigenvalue weighted by molar-refractivity contribution is 7.13. The molecule has 3 nitrogen and oxygen atoms in total. The first kappa shape index (κ1) is 13.7. The molecule has 0 fully saturated rings. The van der Waals surface area contributed by atoms with E-state index < -0.39 is 0 Å². The molecule has 0 atom stereocenters. The van der Waals surface area contributed by atoms with Crippen molar-refractivity contribution in [2.45, 2.75) is 33.2 Å². The molecule has 1 N–H and O–H groups in total. The Hall–Kier alpha value is -1.68. The summed E-state index contributed by atoms with van der Waals surface area (Å²) >= 11 is 1.62. The smallest absolute Gasteiger partial charge is 0.220 e. The predicted molar refractivity (Wildman–Crippen MR) is 79.0 cm³/mol. The van der Waals surface area contributed by atoms with Gasteiger partial charge in [0.15, 0.2) is 0 Å². The van der Waals surface area contributed by atoms with Gasteiger partial charge in [0, 0.05) is 17.4 Å². The van der Waals surface area contributed by atoms with E-state index in [-0.39, 0.29) is 5.91 Å². The van der Waals surface area contributed by atoms with E-state index in [0.29, 0.717) is 13.0 Å². The highest BCUT2D eigenvalue weighted by Gasteiger charge is 2.07. The molecule has 0 spiro atoms. The SMILES string of the molecule is CCCC(=O)NCc1csc(-c2ccccc2C)n1. The molecular formula is C15H18N2OS. The van der Waals surface area contributed by atoms with Gasteiger partial charge in [-0.05, 0) is 18.9 Å². The minimum Gasteiger partial charge on any atom is -0.350 e. The number of thiazole rings is 1. The lowest BCUT2D eigenvalue weighted by Crippen LogP contribution is -2.22. The molecule has 0 aliphatic heterocycles. The fraction of sp³-hybridized carbons (Fsp3) is 0.333. The van der Waals surface area contributed by atoms with Gasteiger partial charge < -0.3 is 5.32 Å². The zero-order valence-electron chi connectivity index (χ0n) is 11.3. The first-order chi connectivity index (χ1) is 9.20. The number of carbonyl (C=O) groups excluding carboxylic acids is 1. The number of rotatable bonds is 5. The van der Waals surface area contributed by atoms with Gasteiger partial charge in [0.1, 0.15) is 5.01 Å². The summed E-state index contributed by atoms with van der Waals surface area (Å²) in [6.45, 7) is 4.60. The first-order valence-corrected chi connectivity index (χ1v) is 7.35. The van der Waals surface area contributed by atoms with Crippen molar-refractivity contribution in [1.82, 2.24) is 10.3 Å². The third-order valence-corrected chi connectivity index (χ3v) is 3.80. The van der Waals surface area contributed by atoms with Crippen molar-refractivity contribution >= 4 is 17.2 Å². The monoisotopic (exact) mass is 274 g/mol. The lowest BCUT2D eigenvalue weighted by atomic mass is 10.1. The summed E-state index contributed by atoms with van der Waals surface area (Å²) in [6, 6.07) is 8.21. The van der Waals surface area contributed by atoms with E-state index in [1.807, 2.05) is 24.4 Å². The van der Waals surface area contributed by atoms with E-state index >= 15 is 0 Å². The number of aromatic nitrogens is 1. The fourth-order valence-electron chi connectivity index (χ4n) is 1.83. The van der Waals surface area contributed by atoms with E-state index in [0.717, 1.165) is 17.1 Å². The molecule has 100 valence electrons. The Labute approximate surface area is 117 Å². The molecule has 1 heterocycles. The molecule has 0 aliphatic carbocycles. The zero-order chi connectivity index (χ0) is 13.7. The molecule has 0 radical (unpaired) electrons. The number of nitrogens with one attached hydrogen (secondary N) is 1. The van der Waals surface area contributed by atoms with Gasteiger partial charge in [-0.25, -0.2) is 4.98 Å². The standard InChI is InChI=1S/C15H18N2OS/c1-3-6-14(18)16-9-12-10-19-15(17-12)13-8-5-4-7-11(13)2/h4-5,7-8,10H,3,6,9H2,1-2H3,(H,16,18). The number of nitrogens with zero attached hydrogens (tertiary/aromatic N) is 1. The van der Waals surface area contributed by atoms with Gasteiger partial charge in [0.2, 0.25) is 5.91 Å². The summed E-state index contributed by atoms with van der Waals surface area (Å²) < 4.78 is 0. The van der Waals surface area contributed by atoms with Gasteiger partial charge in [0.25, 0.3) is 0 Å². The minimum atomic E-state index is 0.0907. The van der Waals surface area contributed by atoms with E-state index in [9.17, 15) is 4.79 Å². The number of aryl methyl sites for hydroxylation is 1. The highest BCUT2D eigenvalue weighted by atomic mass is 32.1. The van der Waals surface area contributed by atoms with Crippen molar-refractivity contribution in [2.24, 2.45) is 0 Å². The van der Waals surface area contributed by atoms with Gasteiger partial charge in [-0.15, -0.1) is 11.3 Å². The number of amides is 1. The van der Waals surface area contributed by atoms with E-state index in [1.54, 1.807) is 11.3 Å². The van der Waals surface area contributed by atoms with Crippen LogP contribution in [-0.4, -0.2) is 10.9 Å². The van der Waals surface area contributed by atoms with Gasteiger partial charge in [0.05, 0.1) is 12.2 Å². The molecule has 0 saturated heterocycles. The maximum Gasteiger partial charge on any atom is 0.220 e. The molecule has 1 amide bonds. The highest BCUT2D eigenvalue weighted by Crippen LogP contribution is 2.26. The summed E-state index contributed by atoms with van der Waals surface area (Å²) in [5.74, 6) is 0.0907. The van der Waals surface area contributed by atoms with Crippen molar-refractivity contribution in [3.8, 4) is 10.6 Å². The van der Waals surface area contributed by atoms with Crippen LogP contribution in [0.4, 0.5) is 0 Å². The summed E-state index contributed by atoms with van der Waals surface area (Å²) in [7, 11) is 0. The Bertz CT molecular complexity index is 563. The summed E-state index contributed by atoms with van der Waals surface area (Å²) in [5.41, 5.74) is 3.31. The number of benzene rings is 1. The molecule has 1 aromatic carbocycles. The Morgan fingerprint density at radius 3 is 2.89 bits per heavy atom. The van der Waals surface area contributed by atoms with Gasteiger partial charge >= 0.3 is 0 Å². The van der Waals surface area contributed by atoms with Crippen LogP contribution in [0.15, 0.2) is 29.6 Å². The molecule has 4 heteroatoms. The maximum absolute atomic E-state index is 11.4. The lowest BCUT2D eigenvalue weighted by molar-refractivity contribution is -0.121. The van der Waals surface area contributed by atoms with Crippen LogP contribution in [-0.2, 0) is 11.3 Å². The van der Waals surface area contributed by atoms with Crippen molar-refractivity contribution < 1.29 is 4.79 Å². The molecule has 2 aromatic rings. The Kier molecular flexibility index (Phi) is 4.68. The zero-order valence-corrected chi connectivity index (χ0v) is 12.1. The van der Waals surface area contributed by atoms with Crippen LogP contribution >= 0.6 is 11.3 Å². The first-order valence-electron chi connectivity index (χ1n) is 6.47. The van der Waals surface area contributed by atoms with Crippen molar-refractivity contribution in [3.05, 3.63) is 40.9 Å². The lowest BCUT2D eigenvalue weighted by Gasteiger charge is -2.02. The van der Waals surface area contributed by atoms with Crippen molar-refractivity contribution in [3.63, 3.8) is 0 Å². The number of hydrogen-bond acceptors (Lipinski definition) is 3. The third-order valence-electron chi connectivity index (χ3n) is 2.87. The molecule has 0 saturated carbocycles. The van der Waals surface area contributed by atoms with Gasteiger partial charge in [-0.3, -0.25) is 4.79 Å². The second-order valence-corrected chi connectivity index (χ2v) is 5.34. The van der Waals surface area contributed by atoms with Crippen LogP contribution in [0, 0.1) is 6.92 Å². The fourth-order valence-corrected chi connectivity index (χ4v) is 2.74. The average Bonchev–Trinajstić information content (AvgIpc) is 2.86. The number of carbonyl (C=O) groups is 1. The Morgan fingerprint density at radius 2 is 2.16 bits per heavy atom. The Morgan fingerprint density at radius 1 is 1.37 bits per heavy atom. The molecule has 0 bridgehead atoms. The molecular weight excluding hydrogens is 256 g/mol. The van der Waals surface area contributed by atoms with E-state index in [4.69, 9.17) is 0 Å². The van der Waals surface area contributed by atoms with Crippen molar-refractivity contribution in [1.29, 1.82) is 0 Å². The molecule has 1 aromatic heterocycles. The predicted octanol–water partition coefficient (Wildman–Crippen LogP) is 3.53. The minimum absolute atomic E-state index is 0.0907. The number of hydrogen-bond donors (Lipinski definition) is 1. The second kappa shape index (κ2) is 6.48. The summed E-state index contributed by atoms with van der Waals surface area (Å²) in [4.78, 5) is 16.0. The van der Waals surface area contributed by atoms with Crippen LogP contribution < -0.4 is 5.32 Å².